The topological polar surface area (TPSA) is 75.7 Å². The third-order valence-corrected chi connectivity index (χ3v) is 10.9. The molecule has 210 valence electrons. The normalized spacial score (nSPS) is 25.0. The van der Waals surface area contributed by atoms with E-state index in [1.807, 2.05) is 38.1 Å². The van der Waals surface area contributed by atoms with Crippen molar-refractivity contribution in [2.45, 2.75) is 62.7 Å². The molecule has 0 aliphatic heterocycles. The van der Waals surface area contributed by atoms with E-state index in [1.54, 1.807) is 24.3 Å². The van der Waals surface area contributed by atoms with Crippen molar-refractivity contribution in [3.05, 3.63) is 83.9 Å². The van der Waals surface area contributed by atoms with Gasteiger partial charge in [0, 0.05) is 5.69 Å². The van der Waals surface area contributed by atoms with Crippen molar-refractivity contribution in [2.75, 3.05) is 22.8 Å². The Morgan fingerprint density at radius 1 is 0.875 bits per heavy atom. The fourth-order valence-electron chi connectivity index (χ4n) is 7.73. The van der Waals surface area contributed by atoms with Crippen LogP contribution in [-0.2, 0) is 20.2 Å². The Balaban J connectivity index is 1.20. The molecule has 7 rings (SSSR count). The standard InChI is InChI=1S/C33H38N2O4S/c1-3-39-30-12-14-31(15-13-30)40(37,38)35(29-10-4-23(2)5-11-29)22-32(36)34-28-8-6-27(7-9-28)33-19-24-16-25(20-33)18-26(17-24)21-33/h4-15,24-26H,3,16-22H2,1-2H3,(H,34,36). The Hall–Kier alpha value is -3.32. The maximum atomic E-state index is 13.7. The molecule has 4 bridgehead atoms. The lowest BCUT2D eigenvalue weighted by Gasteiger charge is -2.57. The van der Waals surface area contributed by atoms with E-state index in [2.05, 4.69) is 17.4 Å². The minimum atomic E-state index is -4.00. The van der Waals surface area contributed by atoms with Crippen molar-refractivity contribution in [2.24, 2.45) is 17.8 Å². The molecule has 6 nitrogen and oxygen atoms in total. The summed E-state index contributed by atoms with van der Waals surface area (Å²) in [5.74, 6) is 2.82. The summed E-state index contributed by atoms with van der Waals surface area (Å²) >= 11 is 0. The number of hydrogen-bond donors (Lipinski definition) is 1. The highest BCUT2D eigenvalue weighted by Gasteiger charge is 2.51. The number of carbonyl (C=O) groups excluding carboxylic acids is 1. The number of nitrogens with zero attached hydrogens (tertiary/aromatic N) is 1. The average molecular weight is 559 g/mol. The van der Waals surface area contributed by atoms with Gasteiger partial charge in [-0.15, -0.1) is 0 Å². The number of ether oxygens (including phenoxy) is 1. The van der Waals surface area contributed by atoms with Crippen LogP contribution in [0.1, 0.15) is 56.6 Å². The molecule has 7 heteroatoms. The van der Waals surface area contributed by atoms with Crippen LogP contribution in [0.2, 0.25) is 0 Å². The second kappa shape index (κ2) is 10.6. The monoisotopic (exact) mass is 558 g/mol. The van der Waals surface area contributed by atoms with Crippen LogP contribution in [0.4, 0.5) is 11.4 Å². The first-order valence-electron chi connectivity index (χ1n) is 14.5. The van der Waals surface area contributed by atoms with Gasteiger partial charge in [-0.05, 0) is 130 Å². The third kappa shape index (κ3) is 5.24. The molecule has 0 heterocycles. The number of hydrogen-bond acceptors (Lipinski definition) is 4. The van der Waals surface area contributed by atoms with E-state index >= 15 is 0 Å². The lowest BCUT2D eigenvalue weighted by molar-refractivity contribution is -0.114. The Labute approximate surface area is 237 Å². The minimum absolute atomic E-state index is 0.101. The van der Waals surface area contributed by atoms with E-state index in [9.17, 15) is 13.2 Å². The average Bonchev–Trinajstić information content (AvgIpc) is 2.92. The Kier molecular flexibility index (Phi) is 7.11. The zero-order valence-corrected chi connectivity index (χ0v) is 24.1. The molecule has 1 N–H and O–H groups in total. The van der Waals surface area contributed by atoms with Crippen molar-refractivity contribution in [1.82, 2.24) is 0 Å². The van der Waals surface area contributed by atoms with E-state index in [-0.39, 0.29) is 11.4 Å². The summed E-state index contributed by atoms with van der Waals surface area (Å²) in [4.78, 5) is 13.4. The largest absolute Gasteiger partial charge is 0.494 e. The molecule has 0 saturated heterocycles. The summed E-state index contributed by atoms with van der Waals surface area (Å²) in [6.07, 6.45) is 8.10. The number of amides is 1. The molecule has 0 radical (unpaired) electrons. The molecule has 4 fully saturated rings. The number of sulfonamides is 1. The van der Waals surface area contributed by atoms with Crippen molar-refractivity contribution < 1.29 is 17.9 Å². The number of benzene rings is 3. The van der Waals surface area contributed by atoms with Gasteiger partial charge in [0.1, 0.15) is 12.3 Å². The van der Waals surface area contributed by atoms with Crippen LogP contribution in [0.15, 0.2) is 77.7 Å². The molecule has 0 unspecified atom stereocenters. The van der Waals surface area contributed by atoms with Gasteiger partial charge < -0.3 is 10.1 Å². The summed E-state index contributed by atoms with van der Waals surface area (Å²) in [5.41, 5.74) is 3.81. The third-order valence-electron chi connectivity index (χ3n) is 9.15. The second-order valence-electron chi connectivity index (χ2n) is 12.1. The minimum Gasteiger partial charge on any atom is -0.494 e. The highest BCUT2D eigenvalue weighted by atomic mass is 32.2. The summed E-state index contributed by atoms with van der Waals surface area (Å²) in [7, 11) is -4.00. The van der Waals surface area contributed by atoms with Crippen LogP contribution in [0.5, 0.6) is 5.75 Å². The molecule has 1 amide bonds. The number of rotatable bonds is 9. The summed E-state index contributed by atoms with van der Waals surface area (Å²) < 4.78 is 34.1. The number of carbonyl (C=O) groups is 1. The van der Waals surface area contributed by atoms with Crippen molar-refractivity contribution in [1.29, 1.82) is 0 Å². The van der Waals surface area contributed by atoms with E-state index in [0.29, 0.717) is 29.1 Å². The van der Waals surface area contributed by atoms with Crippen LogP contribution in [0.25, 0.3) is 0 Å². The van der Waals surface area contributed by atoms with Crippen LogP contribution in [0.3, 0.4) is 0 Å². The Morgan fingerprint density at radius 2 is 1.45 bits per heavy atom. The van der Waals surface area contributed by atoms with Gasteiger partial charge in [0.05, 0.1) is 17.2 Å². The Morgan fingerprint density at radius 3 is 2.00 bits per heavy atom. The zero-order chi connectivity index (χ0) is 27.9. The van der Waals surface area contributed by atoms with Gasteiger partial charge in [0.15, 0.2) is 0 Å². The summed E-state index contributed by atoms with van der Waals surface area (Å²) in [6, 6.07) is 21.8. The molecule has 0 atom stereocenters. The molecule has 40 heavy (non-hydrogen) atoms. The number of nitrogens with one attached hydrogen (secondary N) is 1. The molecular formula is C33H38N2O4S. The van der Waals surface area contributed by atoms with Gasteiger partial charge in [-0.1, -0.05) is 29.8 Å². The van der Waals surface area contributed by atoms with Gasteiger partial charge >= 0.3 is 0 Å². The van der Waals surface area contributed by atoms with Crippen LogP contribution >= 0.6 is 0 Å². The van der Waals surface area contributed by atoms with Gasteiger partial charge in [-0.2, -0.15) is 0 Å². The predicted octanol–water partition coefficient (Wildman–Crippen LogP) is 6.70. The summed E-state index contributed by atoms with van der Waals surface area (Å²) in [5, 5.41) is 2.94. The number of aryl methyl sites for hydroxylation is 1. The first-order chi connectivity index (χ1) is 19.2. The Bertz CT molecular complexity index is 1430. The lowest BCUT2D eigenvalue weighted by Crippen LogP contribution is -2.48. The van der Waals surface area contributed by atoms with E-state index < -0.39 is 15.9 Å². The van der Waals surface area contributed by atoms with Crippen LogP contribution < -0.4 is 14.4 Å². The lowest BCUT2D eigenvalue weighted by atomic mass is 9.48. The molecule has 4 aliphatic rings. The SMILES string of the molecule is CCOc1ccc(S(=O)(=O)N(CC(=O)Nc2ccc(C34CC5CC(CC(C5)C3)C4)cc2)c2ccc(C)cc2)cc1. The number of anilines is 2. The van der Waals surface area contributed by atoms with Crippen LogP contribution in [-0.4, -0.2) is 27.5 Å². The van der Waals surface area contributed by atoms with Crippen LogP contribution in [0, 0.1) is 24.7 Å². The first-order valence-corrected chi connectivity index (χ1v) is 15.9. The maximum absolute atomic E-state index is 13.7. The first kappa shape index (κ1) is 26.9. The fourth-order valence-corrected chi connectivity index (χ4v) is 9.15. The predicted molar refractivity (Wildman–Crippen MR) is 158 cm³/mol. The molecule has 0 spiro atoms. The highest BCUT2D eigenvalue weighted by Crippen LogP contribution is 2.60. The molecule has 3 aromatic carbocycles. The van der Waals surface area contributed by atoms with Crippen molar-refractivity contribution in [3.63, 3.8) is 0 Å². The summed E-state index contributed by atoms with van der Waals surface area (Å²) in [6.45, 7) is 3.97. The van der Waals surface area contributed by atoms with E-state index in [4.69, 9.17) is 4.74 Å². The highest BCUT2D eigenvalue weighted by molar-refractivity contribution is 7.92. The van der Waals surface area contributed by atoms with Gasteiger partial charge in [-0.3, -0.25) is 9.10 Å². The van der Waals surface area contributed by atoms with Crippen molar-refractivity contribution >= 4 is 27.3 Å². The molecule has 0 aromatic heterocycles. The van der Waals surface area contributed by atoms with Gasteiger partial charge in [-0.25, -0.2) is 8.42 Å². The second-order valence-corrected chi connectivity index (χ2v) is 13.9. The quantitative estimate of drug-likeness (QED) is 0.317. The maximum Gasteiger partial charge on any atom is 0.264 e. The van der Waals surface area contributed by atoms with E-state index in [1.165, 1.54) is 60.5 Å². The molecule has 4 aliphatic carbocycles. The molecule has 3 aromatic rings. The van der Waals surface area contributed by atoms with E-state index in [0.717, 1.165) is 23.3 Å². The molecular weight excluding hydrogens is 520 g/mol. The van der Waals surface area contributed by atoms with Gasteiger partial charge in [0.25, 0.3) is 10.0 Å². The smallest absolute Gasteiger partial charge is 0.264 e. The van der Waals surface area contributed by atoms with Crippen molar-refractivity contribution in [3.8, 4) is 5.75 Å². The fraction of sp³-hybridized carbons (Fsp3) is 0.424. The van der Waals surface area contributed by atoms with Gasteiger partial charge in [0.2, 0.25) is 5.91 Å². The molecule has 4 saturated carbocycles. The zero-order valence-electron chi connectivity index (χ0n) is 23.3.